The predicted octanol–water partition coefficient (Wildman–Crippen LogP) is 0.641. The molecule has 0 amide bonds. The monoisotopic (exact) mass is 188 g/mol. The third kappa shape index (κ3) is 6.02. The molecule has 13 heavy (non-hydrogen) atoms. The van der Waals surface area contributed by atoms with Gasteiger partial charge in [-0.05, 0) is 34.0 Å². The van der Waals surface area contributed by atoms with Gasteiger partial charge in [0, 0.05) is 25.7 Å². The maximum atomic E-state index is 8.74. The topological polar surface area (TPSA) is 26.7 Å². The summed E-state index contributed by atoms with van der Waals surface area (Å²) in [6, 6.07) is 0.576. The first kappa shape index (κ1) is 12.9. The Kier molecular flexibility index (Phi) is 7.23. The lowest BCUT2D eigenvalue weighted by molar-refractivity contribution is 0.164. The molecule has 0 aromatic carbocycles. The molecule has 0 rings (SSSR count). The number of aliphatic hydroxyl groups is 1. The summed E-state index contributed by atoms with van der Waals surface area (Å²) in [5, 5.41) is 8.74. The van der Waals surface area contributed by atoms with Gasteiger partial charge < -0.3 is 10.0 Å². The molecule has 0 aliphatic heterocycles. The van der Waals surface area contributed by atoms with Crippen molar-refractivity contribution < 1.29 is 5.11 Å². The summed E-state index contributed by atoms with van der Waals surface area (Å²) in [7, 11) is 4.19. The lowest BCUT2D eigenvalue weighted by Crippen LogP contribution is -2.40. The van der Waals surface area contributed by atoms with Crippen molar-refractivity contribution in [1.29, 1.82) is 0 Å². The molecule has 0 aromatic heterocycles. The van der Waals surface area contributed by atoms with Gasteiger partial charge in [-0.2, -0.15) is 0 Å². The third-order valence-electron chi connectivity index (χ3n) is 2.26. The van der Waals surface area contributed by atoms with E-state index in [0.717, 1.165) is 26.1 Å². The molecule has 80 valence electrons. The summed E-state index contributed by atoms with van der Waals surface area (Å²) in [4.78, 5) is 4.60. The first-order chi connectivity index (χ1) is 6.11. The average Bonchev–Trinajstić information content (AvgIpc) is 2.04. The Morgan fingerprint density at radius 3 is 2.31 bits per heavy atom. The van der Waals surface area contributed by atoms with Gasteiger partial charge in [-0.1, -0.05) is 6.92 Å². The number of aliphatic hydroxyl groups excluding tert-OH is 1. The van der Waals surface area contributed by atoms with Crippen LogP contribution in [0.3, 0.4) is 0 Å². The van der Waals surface area contributed by atoms with Gasteiger partial charge >= 0.3 is 0 Å². The largest absolute Gasteiger partial charge is 0.396 e. The number of rotatable bonds is 7. The van der Waals surface area contributed by atoms with Crippen molar-refractivity contribution in [2.75, 3.05) is 40.3 Å². The Balaban J connectivity index is 3.77. The fraction of sp³-hybridized carbons (Fsp3) is 1.00. The highest BCUT2D eigenvalue weighted by atomic mass is 16.3. The van der Waals surface area contributed by atoms with E-state index in [-0.39, 0.29) is 0 Å². The van der Waals surface area contributed by atoms with Crippen LogP contribution < -0.4 is 0 Å². The SMILES string of the molecule is CCN(CCCO)C(C)CN(C)C. The lowest BCUT2D eigenvalue weighted by atomic mass is 10.2. The molecule has 0 saturated heterocycles. The highest BCUT2D eigenvalue weighted by Crippen LogP contribution is 2.00. The van der Waals surface area contributed by atoms with E-state index in [1.165, 1.54) is 0 Å². The van der Waals surface area contributed by atoms with E-state index in [1.807, 2.05) is 0 Å². The maximum absolute atomic E-state index is 8.74. The van der Waals surface area contributed by atoms with Gasteiger partial charge in [0.05, 0.1) is 0 Å². The summed E-state index contributed by atoms with van der Waals surface area (Å²) in [6.45, 7) is 7.85. The van der Waals surface area contributed by atoms with Gasteiger partial charge in [-0.3, -0.25) is 4.90 Å². The number of likely N-dealkylation sites (N-methyl/N-ethyl adjacent to an activating group) is 2. The molecular weight excluding hydrogens is 164 g/mol. The van der Waals surface area contributed by atoms with Crippen LogP contribution in [0, 0.1) is 0 Å². The smallest absolute Gasteiger partial charge is 0.0443 e. The fourth-order valence-corrected chi connectivity index (χ4v) is 1.61. The van der Waals surface area contributed by atoms with Crippen LogP contribution in [0.1, 0.15) is 20.3 Å². The Morgan fingerprint density at radius 1 is 1.31 bits per heavy atom. The van der Waals surface area contributed by atoms with E-state index >= 15 is 0 Å². The molecule has 0 spiro atoms. The highest BCUT2D eigenvalue weighted by molar-refractivity contribution is 4.67. The average molecular weight is 188 g/mol. The maximum Gasteiger partial charge on any atom is 0.0443 e. The molecule has 3 heteroatoms. The molecular formula is C10H24N2O. The standard InChI is InChI=1S/C10H24N2O/c1-5-12(7-6-8-13)10(2)9-11(3)4/h10,13H,5-9H2,1-4H3. The minimum absolute atomic E-state index is 0.297. The normalized spacial score (nSPS) is 14.1. The van der Waals surface area contributed by atoms with Crippen molar-refractivity contribution in [2.24, 2.45) is 0 Å². The van der Waals surface area contributed by atoms with Gasteiger partial charge in [0.2, 0.25) is 0 Å². The van der Waals surface area contributed by atoms with Crippen LogP contribution in [0.15, 0.2) is 0 Å². The molecule has 0 bridgehead atoms. The summed E-state index contributed by atoms with van der Waals surface area (Å²) in [6.07, 6.45) is 0.881. The van der Waals surface area contributed by atoms with Crippen LogP contribution in [-0.4, -0.2) is 61.3 Å². The summed E-state index contributed by atoms with van der Waals surface area (Å²) < 4.78 is 0. The van der Waals surface area contributed by atoms with Crippen LogP contribution in [-0.2, 0) is 0 Å². The molecule has 1 N–H and O–H groups in total. The van der Waals surface area contributed by atoms with Crippen molar-refractivity contribution in [1.82, 2.24) is 9.80 Å². The van der Waals surface area contributed by atoms with E-state index in [4.69, 9.17) is 5.11 Å². The fourth-order valence-electron chi connectivity index (χ4n) is 1.61. The van der Waals surface area contributed by atoms with Gasteiger partial charge in [0.1, 0.15) is 0 Å². The zero-order valence-electron chi connectivity index (χ0n) is 9.45. The number of hydrogen-bond acceptors (Lipinski definition) is 3. The van der Waals surface area contributed by atoms with Gasteiger partial charge in [-0.25, -0.2) is 0 Å². The Morgan fingerprint density at radius 2 is 1.92 bits per heavy atom. The van der Waals surface area contributed by atoms with Crippen molar-refractivity contribution in [3.05, 3.63) is 0 Å². The van der Waals surface area contributed by atoms with Crippen LogP contribution in [0.25, 0.3) is 0 Å². The third-order valence-corrected chi connectivity index (χ3v) is 2.26. The second kappa shape index (κ2) is 7.30. The van der Waals surface area contributed by atoms with Crippen LogP contribution >= 0.6 is 0 Å². The molecule has 0 aliphatic carbocycles. The van der Waals surface area contributed by atoms with Crippen molar-refractivity contribution in [2.45, 2.75) is 26.3 Å². The lowest BCUT2D eigenvalue weighted by Gasteiger charge is -2.29. The zero-order chi connectivity index (χ0) is 10.3. The zero-order valence-corrected chi connectivity index (χ0v) is 9.45. The van der Waals surface area contributed by atoms with E-state index in [0.29, 0.717) is 12.6 Å². The van der Waals surface area contributed by atoms with Gasteiger partial charge in [-0.15, -0.1) is 0 Å². The van der Waals surface area contributed by atoms with Crippen LogP contribution in [0.5, 0.6) is 0 Å². The van der Waals surface area contributed by atoms with Crippen molar-refractivity contribution in [3.8, 4) is 0 Å². The van der Waals surface area contributed by atoms with E-state index in [1.54, 1.807) is 0 Å². The molecule has 0 aromatic rings. The van der Waals surface area contributed by atoms with E-state index in [2.05, 4.69) is 37.7 Å². The van der Waals surface area contributed by atoms with E-state index in [9.17, 15) is 0 Å². The van der Waals surface area contributed by atoms with Crippen LogP contribution in [0.4, 0.5) is 0 Å². The molecule has 0 radical (unpaired) electrons. The predicted molar refractivity (Wildman–Crippen MR) is 57.0 cm³/mol. The minimum atomic E-state index is 0.297. The first-order valence-electron chi connectivity index (χ1n) is 5.11. The second-order valence-corrected chi connectivity index (χ2v) is 3.82. The second-order valence-electron chi connectivity index (χ2n) is 3.82. The minimum Gasteiger partial charge on any atom is -0.396 e. The quantitative estimate of drug-likeness (QED) is 0.635. The summed E-state index contributed by atoms with van der Waals surface area (Å²) >= 11 is 0. The number of hydrogen-bond donors (Lipinski definition) is 1. The highest BCUT2D eigenvalue weighted by Gasteiger charge is 2.11. The van der Waals surface area contributed by atoms with Crippen molar-refractivity contribution in [3.63, 3.8) is 0 Å². The molecule has 1 unspecified atom stereocenters. The Bertz CT molecular complexity index is 117. The van der Waals surface area contributed by atoms with Crippen molar-refractivity contribution >= 4 is 0 Å². The van der Waals surface area contributed by atoms with Crippen LogP contribution in [0.2, 0.25) is 0 Å². The molecule has 0 saturated carbocycles. The molecule has 3 nitrogen and oxygen atoms in total. The molecule has 0 heterocycles. The summed E-state index contributed by atoms with van der Waals surface area (Å²) in [5.74, 6) is 0. The first-order valence-corrected chi connectivity index (χ1v) is 5.11. The molecule has 0 fully saturated rings. The van der Waals surface area contributed by atoms with Gasteiger partial charge in [0.15, 0.2) is 0 Å². The molecule has 0 aliphatic rings. The molecule has 1 atom stereocenters. The van der Waals surface area contributed by atoms with E-state index < -0.39 is 0 Å². The summed E-state index contributed by atoms with van der Waals surface area (Å²) in [5.41, 5.74) is 0. The Hall–Kier alpha value is -0.120. The number of nitrogens with zero attached hydrogens (tertiary/aromatic N) is 2. The van der Waals surface area contributed by atoms with Gasteiger partial charge in [0.25, 0.3) is 0 Å². The Labute approximate surface area is 82.3 Å².